The van der Waals surface area contributed by atoms with Gasteiger partial charge in [-0.1, -0.05) is 35.9 Å². The summed E-state index contributed by atoms with van der Waals surface area (Å²) in [6.07, 6.45) is 0.929. The number of rotatable bonds is 6. The van der Waals surface area contributed by atoms with Crippen LogP contribution in [0.25, 0.3) is 0 Å². The third-order valence-corrected chi connectivity index (χ3v) is 4.38. The fourth-order valence-electron chi connectivity index (χ4n) is 2.79. The van der Waals surface area contributed by atoms with Crippen LogP contribution in [0.3, 0.4) is 0 Å². The number of fused-ring (bicyclic) bond motifs is 1. The van der Waals surface area contributed by atoms with E-state index < -0.39 is 6.10 Å². The van der Waals surface area contributed by atoms with E-state index in [1.165, 1.54) is 11.1 Å². The van der Waals surface area contributed by atoms with Crippen LogP contribution in [0.1, 0.15) is 29.2 Å². The average molecular weight is 346 g/mol. The number of benzene rings is 2. The molecule has 1 aliphatic heterocycles. The number of aliphatic hydroxyl groups excluding tert-OH is 1. The maximum absolute atomic E-state index is 12.0. The predicted molar refractivity (Wildman–Crippen MR) is 93.4 cm³/mol. The Bertz CT molecular complexity index is 715. The van der Waals surface area contributed by atoms with Gasteiger partial charge in [0.2, 0.25) is 5.91 Å². The first-order chi connectivity index (χ1) is 11.6. The van der Waals surface area contributed by atoms with Crippen molar-refractivity contribution in [1.82, 2.24) is 5.32 Å². The van der Waals surface area contributed by atoms with E-state index in [0.717, 1.165) is 25.2 Å². The molecule has 0 fully saturated rings. The van der Waals surface area contributed by atoms with Crippen LogP contribution < -0.4 is 10.1 Å². The number of carbonyl (C=O) groups excluding carboxylic acids is 1. The molecule has 1 atom stereocenters. The highest BCUT2D eigenvalue weighted by Crippen LogP contribution is 2.26. The molecule has 126 valence electrons. The molecule has 5 heteroatoms. The van der Waals surface area contributed by atoms with E-state index in [9.17, 15) is 9.90 Å². The summed E-state index contributed by atoms with van der Waals surface area (Å²) < 4.78 is 5.48. The van der Waals surface area contributed by atoms with Gasteiger partial charge < -0.3 is 15.2 Å². The standard InChI is InChI=1S/C19H20ClNO3/c20-16-4-2-14(3-5-16)17(22)12-19(23)21-9-7-13-1-6-18-15(11-13)8-10-24-18/h1-6,11,17,22H,7-10,12H2,(H,21,23)/t17-/m1/s1. The van der Waals surface area contributed by atoms with Gasteiger partial charge in [-0.15, -0.1) is 0 Å². The second-order valence-corrected chi connectivity index (χ2v) is 6.35. The monoisotopic (exact) mass is 345 g/mol. The van der Waals surface area contributed by atoms with Crippen molar-refractivity contribution in [1.29, 1.82) is 0 Å². The molecule has 0 radical (unpaired) electrons. The Hall–Kier alpha value is -2.04. The molecule has 2 aromatic carbocycles. The van der Waals surface area contributed by atoms with Gasteiger partial charge in [-0.3, -0.25) is 4.79 Å². The summed E-state index contributed by atoms with van der Waals surface area (Å²) in [6.45, 7) is 1.30. The van der Waals surface area contributed by atoms with Crippen LogP contribution >= 0.6 is 11.6 Å². The molecule has 1 heterocycles. The van der Waals surface area contributed by atoms with E-state index in [-0.39, 0.29) is 12.3 Å². The fourth-order valence-corrected chi connectivity index (χ4v) is 2.92. The van der Waals surface area contributed by atoms with E-state index in [2.05, 4.69) is 11.4 Å². The van der Waals surface area contributed by atoms with Crippen LogP contribution in [0.2, 0.25) is 5.02 Å². The fraction of sp³-hybridized carbons (Fsp3) is 0.316. The van der Waals surface area contributed by atoms with Gasteiger partial charge in [0, 0.05) is 18.0 Å². The lowest BCUT2D eigenvalue weighted by Crippen LogP contribution is -2.27. The third kappa shape index (κ3) is 4.28. The largest absolute Gasteiger partial charge is 0.493 e. The quantitative estimate of drug-likeness (QED) is 0.846. The second-order valence-electron chi connectivity index (χ2n) is 5.91. The summed E-state index contributed by atoms with van der Waals surface area (Å²) in [6, 6.07) is 13.0. The Kier molecular flexibility index (Phi) is 5.38. The molecule has 4 nitrogen and oxygen atoms in total. The van der Waals surface area contributed by atoms with Crippen molar-refractivity contribution in [2.24, 2.45) is 0 Å². The molecule has 0 spiro atoms. The van der Waals surface area contributed by atoms with Crippen molar-refractivity contribution < 1.29 is 14.6 Å². The van der Waals surface area contributed by atoms with Gasteiger partial charge in [0.25, 0.3) is 0 Å². The third-order valence-electron chi connectivity index (χ3n) is 4.12. The molecule has 0 unspecified atom stereocenters. The van der Waals surface area contributed by atoms with Crippen molar-refractivity contribution >= 4 is 17.5 Å². The molecule has 0 saturated heterocycles. The van der Waals surface area contributed by atoms with E-state index in [1.54, 1.807) is 24.3 Å². The lowest BCUT2D eigenvalue weighted by atomic mass is 10.1. The van der Waals surface area contributed by atoms with E-state index in [4.69, 9.17) is 16.3 Å². The van der Waals surface area contributed by atoms with E-state index in [0.29, 0.717) is 17.1 Å². The topological polar surface area (TPSA) is 58.6 Å². The second kappa shape index (κ2) is 7.69. The molecular formula is C19H20ClNO3. The smallest absolute Gasteiger partial charge is 0.222 e. The van der Waals surface area contributed by atoms with Crippen LogP contribution in [0.4, 0.5) is 0 Å². The van der Waals surface area contributed by atoms with Gasteiger partial charge in [0.15, 0.2) is 0 Å². The molecular weight excluding hydrogens is 326 g/mol. The van der Waals surface area contributed by atoms with Crippen molar-refractivity contribution in [3.8, 4) is 5.75 Å². The van der Waals surface area contributed by atoms with Gasteiger partial charge in [-0.2, -0.15) is 0 Å². The zero-order chi connectivity index (χ0) is 16.9. The Balaban J connectivity index is 1.44. The first-order valence-electron chi connectivity index (χ1n) is 8.06. The molecule has 24 heavy (non-hydrogen) atoms. The van der Waals surface area contributed by atoms with E-state index >= 15 is 0 Å². The first-order valence-corrected chi connectivity index (χ1v) is 8.44. The molecule has 0 bridgehead atoms. The average Bonchev–Trinajstić information content (AvgIpc) is 3.03. The molecule has 2 N–H and O–H groups in total. The number of amides is 1. The lowest BCUT2D eigenvalue weighted by molar-refractivity contribution is -0.123. The predicted octanol–water partition coefficient (Wildman–Crippen LogP) is 3.06. The summed E-state index contributed by atoms with van der Waals surface area (Å²) in [5.74, 6) is 0.802. The summed E-state index contributed by atoms with van der Waals surface area (Å²) in [7, 11) is 0. The normalized spacial score (nSPS) is 13.9. The number of ether oxygens (including phenoxy) is 1. The number of hydrogen-bond acceptors (Lipinski definition) is 3. The van der Waals surface area contributed by atoms with Gasteiger partial charge in [0.1, 0.15) is 5.75 Å². The van der Waals surface area contributed by atoms with Crippen molar-refractivity contribution in [2.75, 3.05) is 13.2 Å². The Labute approximate surface area is 146 Å². The van der Waals surface area contributed by atoms with Gasteiger partial charge in [-0.25, -0.2) is 0 Å². The zero-order valence-corrected chi connectivity index (χ0v) is 14.1. The van der Waals surface area contributed by atoms with Crippen molar-refractivity contribution in [2.45, 2.75) is 25.4 Å². The van der Waals surface area contributed by atoms with Crippen LogP contribution in [0.5, 0.6) is 5.75 Å². The number of carbonyl (C=O) groups is 1. The molecule has 0 aliphatic carbocycles. The highest BCUT2D eigenvalue weighted by atomic mass is 35.5. The van der Waals surface area contributed by atoms with Crippen LogP contribution in [-0.4, -0.2) is 24.2 Å². The number of halogens is 1. The molecule has 1 amide bonds. The van der Waals surface area contributed by atoms with Gasteiger partial charge in [0.05, 0.1) is 19.1 Å². The summed E-state index contributed by atoms with van der Waals surface area (Å²) in [5, 5.41) is 13.5. The highest BCUT2D eigenvalue weighted by molar-refractivity contribution is 6.30. The SMILES string of the molecule is O=C(C[C@@H](O)c1ccc(Cl)cc1)NCCc1ccc2c(c1)CCO2. The minimum absolute atomic E-state index is 0.0413. The lowest BCUT2D eigenvalue weighted by Gasteiger charge is -2.11. The molecule has 1 aliphatic rings. The van der Waals surface area contributed by atoms with Crippen LogP contribution in [0, 0.1) is 0 Å². The van der Waals surface area contributed by atoms with Crippen LogP contribution in [-0.2, 0) is 17.6 Å². The Morgan fingerprint density at radius 1 is 1.25 bits per heavy atom. The van der Waals surface area contributed by atoms with Gasteiger partial charge >= 0.3 is 0 Å². The molecule has 2 aromatic rings. The number of hydrogen-bond donors (Lipinski definition) is 2. The summed E-state index contributed by atoms with van der Waals surface area (Å²) in [5.41, 5.74) is 3.10. The van der Waals surface area contributed by atoms with Crippen molar-refractivity contribution in [3.63, 3.8) is 0 Å². The number of aliphatic hydroxyl groups is 1. The minimum atomic E-state index is -0.820. The molecule has 3 rings (SSSR count). The van der Waals surface area contributed by atoms with Crippen molar-refractivity contribution in [3.05, 3.63) is 64.2 Å². The Morgan fingerprint density at radius 3 is 2.83 bits per heavy atom. The summed E-state index contributed by atoms with van der Waals surface area (Å²) in [4.78, 5) is 12.0. The maximum atomic E-state index is 12.0. The van der Waals surface area contributed by atoms with Gasteiger partial charge in [-0.05, 0) is 41.3 Å². The Morgan fingerprint density at radius 2 is 2.04 bits per heavy atom. The van der Waals surface area contributed by atoms with Crippen LogP contribution in [0.15, 0.2) is 42.5 Å². The highest BCUT2D eigenvalue weighted by Gasteiger charge is 2.14. The summed E-state index contributed by atoms with van der Waals surface area (Å²) >= 11 is 5.82. The van der Waals surface area contributed by atoms with E-state index in [1.807, 2.05) is 12.1 Å². The number of nitrogens with one attached hydrogen (secondary N) is 1. The molecule has 0 saturated carbocycles. The first kappa shape index (κ1) is 16.8. The molecule has 0 aromatic heterocycles. The maximum Gasteiger partial charge on any atom is 0.222 e. The minimum Gasteiger partial charge on any atom is -0.493 e. The zero-order valence-electron chi connectivity index (χ0n) is 13.3.